The zero-order chi connectivity index (χ0) is 32.2. The molecule has 1 aliphatic rings. The van der Waals surface area contributed by atoms with Gasteiger partial charge in [-0.2, -0.15) is 18.3 Å². The van der Waals surface area contributed by atoms with E-state index in [2.05, 4.69) is 15.1 Å². The lowest BCUT2D eigenvalue weighted by atomic mass is 10.0. The van der Waals surface area contributed by atoms with Gasteiger partial charge in [-0.25, -0.2) is 27.6 Å². The number of piperidine rings is 1. The van der Waals surface area contributed by atoms with E-state index in [0.29, 0.717) is 23.3 Å². The minimum Gasteiger partial charge on any atom is -0.481 e. The van der Waals surface area contributed by atoms with Crippen LogP contribution in [0.1, 0.15) is 40.5 Å². The molecule has 6 rings (SSSR count). The summed E-state index contributed by atoms with van der Waals surface area (Å²) in [5.41, 5.74) is -1.34. The molecular weight excluding hydrogens is 606 g/mol. The Bertz CT molecular complexity index is 1990. The first-order valence-corrected chi connectivity index (χ1v) is 13.7. The number of ether oxygens (including phenoxy) is 1. The van der Waals surface area contributed by atoms with E-state index in [-0.39, 0.29) is 59.9 Å². The van der Waals surface area contributed by atoms with Crippen LogP contribution in [0.25, 0.3) is 28.0 Å². The van der Waals surface area contributed by atoms with Crippen molar-refractivity contribution in [1.82, 2.24) is 29.2 Å². The first-order valence-electron chi connectivity index (χ1n) is 13.7. The van der Waals surface area contributed by atoms with E-state index in [9.17, 15) is 35.9 Å². The lowest BCUT2D eigenvalue weighted by Crippen LogP contribution is -2.41. The Balaban J connectivity index is 1.35. The fraction of sp³-hybridized carbons (Fsp3) is 0.267. The number of methoxy groups -OCH3 is 1. The fourth-order valence-corrected chi connectivity index (χ4v) is 5.71. The van der Waals surface area contributed by atoms with Crippen molar-refractivity contribution in [2.75, 3.05) is 20.2 Å². The van der Waals surface area contributed by atoms with E-state index in [0.717, 1.165) is 21.4 Å². The number of aromatic nitrogens is 5. The second-order valence-electron chi connectivity index (χ2n) is 10.6. The third kappa shape index (κ3) is 5.21. The predicted octanol–water partition coefficient (Wildman–Crippen LogP) is 5.81. The molecule has 0 atom stereocenters. The van der Waals surface area contributed by atoms with Gasteiger partial charge in [-0.3, -0.25) is 9.36 Å². The molecule has 0 aliphatic carbocycles. The smallest absolute Gasteiger partial charge is 0.419 e. The molecule has 1 saturated heterocycles. The Kier molecular flexibility index (Phi) is 7.41. The number of amides is 1. The molecule has 2 aromatic carbocycles. The second-order valence-corrected chi connectivity index (χ2v) is 10.6. The molecule has 1 N–H and O–H groups in total. The Hall–Kier alpha value is -5.08. The van der Waals surface area contributed by atoms with Crippen LogP contribution in [0.4, 0.5) is 26.3 Å². The maximum Gasteiger partial charge on any atom is 0.419 e. The van der Waals surface area contributed by atoms with Crippen molar-refractivity contribution in [1.29, 1.82) is 0 Å². The molecule has 3 aromatic heterocycles. The monoisotopic (exact) mass is 630 g/mol. The molecule has 45 heavy (non-hydrogen) atoms. The molecule has 9 nitrogen and oxygen atoms in total. The van der Waals surface area contributed by atoms with Crippen molar-refractivity contribution < 1.29 is 35.9 Å². The molecule has 5 aromatic rings. The largest absolute Gasteiger partial charge is 0.481 e. The minimum absolute atomic E-state index is 0.0606. The number of hydrogen-bond donors (Lipinski definition) is 1. The molecule has 0 unspecified atom stereocenters. The summed E-state index contributed by atoms with van der Waals surface area (Å²) in [6, 6.07) is 7.21. The summed E-state index contributed by atoms with van der Waals surface area (Å²) in [5.74, 6) is -3.96. The number of pyridine rings is 1. The van der Waals surface area contributed by atoms with Crippen molar-refractivity contribution in [3.63, 3.8) is 0 Å². The van der Waals surface area contributed by atoms with Crippen LogP contribution in [0.2, 0.25) is 0 Å². The van der Waals surface area contributed by atoms with Crippen molar-refractivity contribution >= 4 is 16.9 Å². The fourth-order valence-electron chi connectivity index (χ4n) is 5.71. The number of benzene rings is 2. The van der Waals surface area contributed by atoms with Gasteiger partial charge in [0.15, 0.2) is 17.3 Å². The summed E-state index contributed by atoms with van der Waals surface area (Å²) in [6.45, 7) is 1.83. The summed E-state index contributed by atoms with van der Waals surface area (Å²) in [4.78, 5) is 34.6. The second kappa shape index (κ2) is 11.1. The number of rotatable bonds is 5. The highest BCUT2D eigenvalue weighted by Crippen LogP contribution is 2.36. The van der Waals surface area contributed by atoms with E-state index in [1.165, 1.54) is 30.3 Å². The van der Waals surface area contributed by atoms with Crippen LogP contribution in [-0.4, -0.2) is 55.3 Å². The molecule has 1 fully saturated rings. The number of H-pyrrole nitrogens is 1. The van der Waals surface area contributed by atoms with E-state index < -0.39 is 46.8 Å². The minimum atomic E-state index is -4.98. The number of nitrogens with one attached hydrogen (secondary N) is 1. The van der Waals surface area contributed by atoms with Crippen LogP contribution in [0.5, 0.6) is 5.88 Å². The zero-order valence-corrected chi connectivity index (χ0v) is 23.8. The summed E-state index contributed by atoms with van der Waals surface area (Å²) >= 11 is 0. The molecule has 1 amide bonds. The van der Waals surface area contributed by atoms with Crippen LogP contribution < -0.4 is 10.4 Å². The first-order chi connectivity index (χ1) is 21.4. The Labute approximate surface area is 250 Å². The molecule has 0 radical (unpaired) electrons. The van der Waals surface area contributed by atoms with Crippen molar-refractivity contribution in [3.8, 4) is 22.8 Å². The average Bonchev–Trinajstić information content (AvgIpc) is 3.55. The van der Waals surface area contributed by atoms with Gasteiger partial charge in [0.05, 0.1) is 29.6 Å². The lowest BCUT2D eigenvalue weighted by Gasteiger charge is -2.32. The van der Waals surface area contributed by atoms with Crippen LogP contribution in [0, 0.1) is 24.4 Å². The molecule has 234 valence electrons. The number of alkyl halides is 3. The highest BCUT2D eigenvalue weighted by Gasteiger charge is 2.36. The number of carbonyl (C=O) groups excluding carboxylic acids is 1. The van der Waals surface area contributed by atoms with Gasteiger partial charge in [0.2, 0.25) is 5.88 Å². The van der Waals surface area contributed by atoms with E-state index in [4.69, 9.17) is 4.74 Å². The molecule has 0 saturated carbocycles. The molecule has 15 heteroatoms. The van der Waals surface area contributed by atoms with E-state index in [1.54, 1.807) is 13.0 Å². The van der Waals surface area contributed by atoms with E-state index in [1.807, 2.05) is 0 Å². The Morgan fingerprint density at radius 3 is 2.38 bits per heavy atom. The normalized spacial score (nSPS) is 14.4. The summed E-state index contributed by atoms with van der Waals surface area (Å²) in [7, 11) is 1.42. The van der Waals surface area contributed by atoms with Gasteiger partial charge in [-0.15, -0.1) is 0 Å². The summed E-state index contributed by atoms with van der Waals surface area (Å²) in [5, 5.41) is 4.40. The SMILES string of the molecule is COc1ccc(-c2c(C)c(C(=O)N3CCC(n4c(=O)[nH]c5ccc(F)c(F)c54)CC3)nn2-c2ccc(F)c(C(F)(F)F)c2)cn1. The van der Waals surface area contributed by atoms with Crippen LogP contribution in [-0.2, 0) is 6.18 Å². The van der Waals surface area contributed by atoms with Crippen molar-refractivity contribution in [2.45, 2.75) is 32.0 Å². The zero-order valence-electron chi connectivity index (χ0n) is 23.8. The van der Waals surface area contributed by atoms with Crippen LogP contribution in [0.3, 0.4) is 0 Å². The lowest BCUT2D eigenvalue weighted by molar-refractivity contribution is -0.140. The maximum absolute atomic E-state index is 14.6. The number of aromatic amines is 1. The number of fused-ring (bicyclic) bond motifs is 1. The van der Waals surface area contributed by atoms with Crippen molar-refractivity contribution in [2.24, 2.45) is 0 Å². The van der Waals surface area contributed by atoms with Gasteiger partial charge >= 0.3 is 11.9 Å². The summed E-state index contributed by atoms with van der Waals surface area (Å²) < 4.78 is 90.9. The molecule has 0 bridgehead atoms. The number of likely N-dealkylation sites (tertiary alicyclic amines) is 1. The molecule has 1 aliphatic heterocycles. The van der Waals surface area contributed by atoms with Gasteiger partial charge in [-0.05, 0) is 56.2 Å². The maximum atomic E-state index is 14.6. The quantitative estimate of drug-likeness (QED) is 0.248. The number of halogens is 6. The summed E-state index contributed by atoms with van der Waals surface area (Å²) in [6.07, 6.45) is -3.10. The molecule has 0 spiro atoms. The number of hydrogen-bond acceptors (Lipinski definition) is 5. The third-order valence-corrected chi connectivity index (χ3v) is 7.93. The number of carbonyl (C=O) groups is 1. The molecular formula is C30H24F6N6O3. The number of nitrogens with zero attached hydrogens (tertiary/aromatic N) is 5. The topological polar surface area (TPSA) is 98.0 Å². The van der Waals surface area contributed by atoms with E-state index >= 15 is 0 Å². The number of imidazole rings is 1. The molecule has 4 heterocycles. The standard InChI is InChI=1S/C30H24F6N6O3/c1-15-25(28(43)40-11-9-17(10-12-40)41-27-22(38-29(41)44)7-6-21(32)24(27)33)39-42(26(15)16-3-8-23(45-2)37-14-16)18-4-5-20(31)19(13-18)30(34,35)36/h3-8,13-14,17H,9-12H2,1-2H3,(H,38,44). The Morgan fingerprint density at radius 2 is 1.73 bits per heavy atom. The van der Waals surface area contributed by atoms with Gasteiger partial charge in [-0.1, -0.05) is 0 Å². The van der Waals surface area contributed by atoms with Gasteiger partial charge in [0, 0.05) is 42.5 Å². The highest BCUT2D eigenvalue weighted by molar-refractivity contribution is 5.95. The van der Waals surface area contributed by atoms with Gasteiger partial charge in [0.1, 0.15) is 11.3 Å². The van der Waals surface area contributed by atoms with Gasteiger partial charge in [0.25, 0.3) is 5.91 Å². The van der Waals surface area contributed by atoms with Crippen LogP contribution in [0.15, 0.2) is 53.5 Å². The Morgan fingerprint density at radius 1 is 1.02 bits per heavy atom. The average molecular weight is 631 g/mol. The van der Waals surface area contributed by atoms with Crippen molar-refractivity contribution in [3.05, 3.63) is 93.4 Å². The predicted molar refractivity (Wildman–Crippen MR) is 150 cm³/mol. The van der Waals surface area contributed by atoms with Crippen LogP contribution >= 0.6 is 0 Å². The van der Waals surface area contributed by atoms with Gasteiger partial charge < -0.3 is 14.6 Å². The highest BCUT2D eigenvalue weighted by atomic mass is 19.4. The first kappa shape index (κ1) is 30.0. The third-order valence-electron chi connectivity index (χ3n) is 7.93.